The van der Waals surface area contributed by atoms with Crippen LogP contribution in [-0.4, -0.2) is 77.1 Å². The van der Waals surface area contributed by atoms with Gasteiger partial charge in [0.25, 0.3) is 0 Å². The smallest absolute Gasteiger partial charge is 0.410 e. The molecule has 2 heterocycles. The molecule has 4 rings (SSSR count). The Balaban J connectivity index is 1.66. The number of amides is 2. The van der Waals surface area contributed by atoms with E-state index in [0.717, 1.165) is 31.5 Å². The van der Waals surface area contributed by atoms with Crippen molar-refractivity contribution >= 4 is 46.4 Å². The molecule has 236 valence electrons. The van der Waals surface area contributed by atoms with E-state index >= 15 is 0 Å². The van der Waals surface area contributed by atoms with Crippen molar-refractivity contribution in [2.75, 3.05) is 40.3 Å². The van der Waals surface area contributed by atoms with Gasteiger partial charge in [0.1, 0.15) is 11.4 Å². The van der Waals surface area contributed by atoms with Gasteiger partial charge < -0.3 is 19.1 Å². The number of piperidine rings is 1. The zero-order valence-electron chi connectivity index (χ0n) is 26.4. The quantitative estimate of drug-likeness (QED) is 0.294. The van der Waals surface area contributed by atoms with E-state index in [1.807, 2.05) is 52.8 Å². The summed E-state index contributed by atoms with van der Waals surface area (Å²) in [6.45, 7) is 11.7. The first-order valence-electron chi connectivity index (χ1n) is 15.0. The van der Waals surface area contributed by atoms with E-state index < -0.39 is 28.4 Å². The van der Waals surface area contributed by atoms with Gasteiger partial charge in [0, 0.05) is 70.2 Å². The van der Waals surface area contributed by atoms with Crippen LogP contribution in [0, 0.1) is 5.92 Å². The number of hydrogen-bond donors (Lipinski definition) is 0. The first-order valence-corrected chi connectivity index (χ1v) is 17.0. The molecular formula is C33H45Cl2N3O4S. The molecule has 1 fully saturated rings. The van der Waals surface area contributed by atoms with E-state index in [0.29, 0.717) is 28.8 Å². The van der Waals surface area contributed by atoms with Crippen molar-refractivity contribution in [2.45, 2.75) is 75.5 Å². The van der Waals surface area contributed by atoms with Crippen LogP contribution in [0.3, 0.4) is 0 Å². The van der Waals surface area contributed by atoms with Gasteiger partial charge in [-0.1, -0.05) is 67.4 Å². The first-order chi connectivity index (χ1) is 20.1. The molecule has 0 saturated carbocycles. The predicted octanol–water partition coefficient (Wildman–Crippen LogP) is 6.81. The Labute approximate surface area is 270 Å². The molecule has 0 aromatic heterocycles. The highest BCUT2D eigenvalue weighted by atomic mass is 35.5. The van der Waals surface area contributed by atoms with Gasteiger partial charge in [0.05, 0.1) is 15.6 Å². The van der Waals surface area contributed by atoms with E-state index in [2.05, 4.69) is 17.0 Å². The lowest BCUT2D eigenvalue weighted by atomic mass is 9.83. The van der Waals surface area contributed by atoms with Gasteiger partial charge >= 0.3 is 6.09 Å². The second-order valence-electron chi connectivity index (χ2n) is 13.3. The number of likely N-dealkylation sites (tertiary alicyclic amines) is 1. The third-order valence-electron chi connectivity index (χ3n) is 8.87. The van der Waals surface area contributed by atoms with Crippen LogP contribution in [0.15, 0.2) is 42.5 Å². The van der Waals surface area contributed by atoms with E-state index in [4.69, 9.17) is 27.9 Å². The van der Waals surface area contributed by atoms with Crippen LogP contribution in [0.25, 0.3) is 0 Å². The Morgan fingerprint density at radius 1 is 1.07 bits per heavy atom. The fraction of sp³-hybridized carbons (Fsp3) is 0.576. The van der Waals surface area contributed by atoms with Gasteiger partial charge in [-0.3, -0.25) is 9.69 Å². The Bertz CT molecular complexity index is 1330. The summed E-state index contributed by atoms with van der Waals surface area (Å²) in [5.41, 5.74) is 1.54. The maximum absolute atomic E-state index is 13.7. The zero-order chi connectivity index (χ0) is 31.7. The summed E-state index contributed by atoms with van der Waals surface area (Å²) < 4.78 is 18.9. The van der Waals surface area contributed by atoms with Crippen molar-refractivity contribution in [2.24, 2.45) is 5.92 Å². The molecule has 2 aromatic carbocycles. The lowest BCUT2D eigenvalue weighted by Crippen LogP contribution is -2.57. The van der Waals surface area contributed by atoms with Crippen molar-refractivity contribution in [1.82, 2.24) is 14.7 Å². The van der Waals surface area contributed by atoms with Crippen LogP contribution < -0.4 is 0 Å². The molecule has 0 aliphatic carbocycles. The zero-order valence-corrected chi connectivity index (χ0v) is 28.7. The van der Waals surface area contributed by atoms with Crippen molar-refractivity contribution in [3.8, 4) is 0 Å². The van der Waals surface area contributed by atoms with Gasteiger partial charge in [0.2, 0.25) is 5.91 Å². The normalized spacial score (nSPS) is 19.7. The van der Waals surface area contributed by atoms with Crippen molar-refractivity contribution < 1.29 is 18.9 Å². The van der Waals surface area contributed by atoms with Gasteiger partial charge in [-0.25, -0.2) is 4.79 Å². The molecule has 43 heavy (non-hydrogen) atoms. The summed E-state index contributed by atoms with van der Waals surface area (Å²) in [6, 6.07) is 13.7. The van der Waals surface area contributed by atoms with Crippen LogP contribution in [-0.2, 0) is 36.7 Å². The molecule has 7 nitrogen and oxygen atoms in total. The maximum Gasteiger partial charge on any atom is 0.410 e. The van der Waals surface area contributed by atoms with E-state index in [1.165, 1.54) is 11.1 Å². The van der Waals surface area contributed by atoms with E-state index in [1.54, 1.807) is 36.0 Å². The second kappa shape index (κ2) is 13.2. The van der Waals surface area contributed by atoms with Gasteiger partial charge in [-0.2, -0.15) is 0 Å². The summed E-state index contributed by atoms with van der Waals surface area (Å²) >= 11 is 11.9. The maximum atomic E-state index is 13.7. The molecule has 2 aliphatic heterocycles. The first kappa shape index (κ1) is 33.9. The van der Waals surface area contributed by atoms with E-state index in [9.17, 15) is 14.1 Å². The highest BCUT2D eigenvalue weighted by Gasteiger charge is 2.52. The summed E-state index contributed by atoms with van der Waals surface area (Å²) in [6.07, 6.45) is 1.65. The molecule has 0 radical (unpaired) electrons. The third-order valence-corrected chi connectivity index (χ3v) is 11.7. The minimum absolute atomic E-state index is 0.0238. The Morgan fingerprint density at radius 2 is 1.72 bits per heavy atom. The predicted molar refractivity (Wildman–Crippen MR) is 175 cm³/mol. The highest BCUT2D eigenvalue weighted by molar-refractivity contribution is 7.92. The Morgan fingerprint density at radius 3 is 2.33 bits per heavy atom. The summed E-state index contributed by atoms with van der Waals surface area (Å²) in [4.78, 5) is 32.6. The highest BCUT2D eigenvalue weighted by Crippen LogP contribution is 2.49. The number of benzene rings is 2. The third kappa shape index (κ3) is 7.14. The van der Waals surface area contributed by atoms with Gasteiger partial charge in [0.15, 0.2) is 4.75 Å². The molecule has 2 unspecified atom stereocenters. The number of halogens is 2. The standard InChI is InChI=1S/C33H45Cl2N3O4S/c1-23(2)29(39)36(6)22-32(25-12-13-27(34)28(35)20-25,37(7)30(40)42-31(3,4)5)14-17-38-18-15-33(16-19-38)26-11-9-8-10-24(26)21-43(33)41/h8-13,20,23H,14-19,21-22H2,1-7H3. The van der Waals surface area contributed by atoms with Crippen molar-refractivity contribution in [3.63, 3.8) is 0 Å². The van der Waals surface area contributed by atoms with Crippen molar-refractivity contribution in [3.05, 3.63) is 69.2 Å². The number of ether oxygens (including phenoxy) is 1. The lowest BCUT2D eigenvalue weighted by Gasteiger charge is -2.46. The molecule has 2 atom stereocenters. The minimum atomic E-state index is -0.965. The SMILES string of the molecule is CC(C)C(=O)N(C)CC(CCN1CCC2(CC1)c1ccccc1C[S+]2[O-])(c1ccc(Cl)c(Cl)c1)N(C)C(=O)OC(C)(C)C. The van der Waals surface area contributed by atoms with Crippen LogP contribution in [0.5, 0.6) is 0 Å². The molecule has 2 aromatic rings. The van der Waals surface area contributed by atoms with Crippen molar-refractivity contribution in [1.29, 1.82) is 0 Å². The molecule has 1 saturated heterocycles. The number of carbonyl (C=O) groups is 2. The lowest BCUT2D eigenvalue weighted by molar-refractivity contribution is -0.135. The molecule has 0 N–H and O–H groups in total. The molecule has 0 bridgehead atoms. The number of rotatable bonds is 8. The average Bonchev–Trinajstić information content (AvgIpc) is 3.21. The number of fused-ring (bicyclic) bond motifs is 2. The summed E-state index contributed by atoms with van der Waals surface area (Å²) in [7, 11) is 3.50. The monoisotopic (exact) mass is 649 g/mol. The van der Waals surface area contributed by atoms with Gasteiger partial charge in [-0.15, -0.1) is 0 Å². The molecule has 1 spiro atoms. The molecule has 2 amide bonds. The average molecular weight is 651 g/mol. The molecular weight excluding hydrogens is 605 g/mol. The molecule has 2 aliphatic rings. The second-order valence-corrected chi connectivity index (χ2v) is 15.9. The topological polar surface area (TPSA) is 76.2 Å². The van der Waals surface area contributed by atoms with E-state index in [-0.39, 0.29) is 23.1 Å². The Kier molecular flexibility index (Phi) is 10.4. The minimum Gasteiger partial charge on any atom is -0.615 e. The summed E-state index contributed by atoms with van der Waals surface area (Å²) in [5, 5.41) is 0.790. The fourth-order valence-corrected chi connectivity index (χ4v) is 8.65. The number of hydrogen-bond acceptors (Lipinski definition) is 5. The largest absolute Gasteiger partial charge is 0.615 e. The number of carbonyl (C=O) groups excluding carboxylic acids is 2. The summed E-state index contributed by atoms with van der Waals surface area (Å²) in [5.74, 6) is 0.383. The van der Waals surface area contributed by atoms with Crippen LogP contribution in [0.4, 0.5) is 4.79 Å². The fourth-order valence-electron chi connectivity index (χ4n) is 6.45. The number of nitrogens with zero attached hydrogens (tertiary/aromatic N) is 3. The van der Waals surface area contributed by atoms with Crippen LogP contribution in [0.2, 0.25) is 10.0 Å². The van der Waals surface area contributed by atoms with Gasteiger partial charge in [-0.05, 0) is 56.1 Å². The Hall–Kier alpha value is -1.97. The number of likely N-dealkylation sites (N-methyl/N-ethyl adjacent to an activating group) is 2. The molecule has 10 heteroatoms. The van der Waals surface area contributed by atoms with Crippen LogP contribution >= 0.6 is 23.2 Å². The van der Waals surface area contributed by atoms with Crippen LogP contribution in [0.1, 0.15) is 70.6 Å².